The minimum atomic E-state index is -0.365. The van der Waals surface area contributed by atoms with Crippen LogP contribution in [0, 0.1) is 13.8 Å². The van der Waals surface area contributed by atoms with Crippen LogP contribution in [0.5, 0.6) is 0 Å². The third kappa shape index (κ3) is 2.72. The standard InChI is InChI=1S/C19H28N6O3/c1-11-9-23(10-12(2)28-11)7-8-24-13(3)14(4)25-15-16(20-18(24)25)21(5)19(27)22(6)17(15)26/h11-12H,7-10H2,1-6H3/t11-,12+. The van der Waals surface area contributed by atoms with Crippen molar-refractivity contribution in [1.82, 2.24) is 28.0 Å². The Bertz CT molecular complexity index is 1170. The predicted octanol–water partition coefficient (Wildman–Crippen LogP) is 0.412. The summed E-state index contributed by atoms with van der Waals surface area (Å²) in [6.07, 6.45) is 0.450. The van der Waals surface area contributed by atoms with Crippen LogP contribution in [-0.2, 0) is 25.4 Å². The topological polar surface area (TPSA) is 78.7 Å². The predicted molar refractivity (Wildman–Crippen MR) is 107 cm³/mol. The molecule has 0 saturated carbocycles. The van der Waals surface area contributed by atoms with E-state index < -0.39 is 0 Å². The third-order valence-corrected chi connectivity index (χ3v) is 5.88. The van der Waals surface area contributed by atoms with Gasteiger partial charge in [-0.1, -0.05) is 0 Å². The Morgan fingerprint density at radius 1 is 1.00 bits per heavy atom. The zero-order valence-corrected chi connectivity index (χ0v) is 17.4. The minimum absolute atomic E-state index is 0.225. The number of hydrogen-bond donors (Lipinski definition) is 0. The van der Waals surface area contributed by atoms with Gasteiger partial charge in [-0.05, 0) is 27.7 Å². The second kappa shape index (κ2) is 6.59. The highest BCUT2D eigenvalue weighted by atomic mass is 16.5. The normalized spacial score (nSPS) is 21.2. The summed E-state index contributed by atoms with van der Waals surface area (Å²) in [4.78, 5) is 32.2. The maximum Gasteiger partial charge on any atom is 0.332 e. The van der Waals surface area contributed by atoms with Crippen molar-refractivity contribution in [3.8, 4) is 0 Å². The number of fused-ring (bicyclic) bond motifs is 3. The van der Waals surface area contributed by atoms with Gasteiger partial charge in [-0.15, -0.1) is 0 Å². The Morgan fingerprint density at radius 2 is 1.64 bits per heavy atom. The van der Waals surface area contributed by atoms with Crippen LogP contribution in [0.3, 0.4) is 0 Å². The average molecular weight is 388 g/mol. The van der Waals surface area contributed by atoms with Gasteiger partial charge in [-0.3, -0.25) is 23.2 Å². The highest BCUT2D eigenvalue weighted by molar-refractivity contribution is 5.76. The fourth-order valence-corrected chi connectivity index (χ4v) is 4.37. The molecule has 9 heteroatoms. The molecule has 9 nitrogen and oxygen atoms in total. The van der Waals surface area contributed by atoms with Crippen LogP contribution < -0.4 is 11.2 Å². The van der Waals surface area contributed by atoms with E-state index in [-0.39, 0.29) is 23.5 Å². The molecule has 2 atom stereocenters. The van der Waals surface area contributed by atoms with E-state index in [9.17, 15) is 9.59 Å². The van der Waals surface area contributed by atoms with Gasteiger partial charge in [0.15, 0.2) is 11.2 Å². The zero-order valence-electron chi connectivity index (χ0n) is 17.4. The molecule has 3 aromatic rings. The van der Waals surface area contributed by atoms with Crippen molar-refractivity contribution in [3.63, 3.8) is 0 Å². The molecule has 0 amide bonds. The van der Waals surface area contributed by atoms with Crippen molar-refractivity contribution in [2.45, 2.75) is 46.4 Å². The maximum atomic E-state index is 12.8. The molecule has 1 fully saturated rings. The Morgan fingerprint density at radius 3 is 2.29 bits per heavy atom. The van der Waals surface area contributed by atoms with E-state index in [0.29, 0.717) is 16.9 Å². The van der Waals surface area contributed by atoms with Crippen LogP contribution >= 0.6 is 0 Å². The van der Waals surface area contributed by atoms with Gasteiger partial charge in [0.1, 0.15) is 0 Å². The van der Waals surface area contributed by atoms with Crippen LogP contribution in [0.4, 0.5) is 0 Å². The number of aryl methyl sites for hydroxylation is 2. The molecule has 0 unspecified atom stereocenters. The van der Waals surface area contributed by atoms with Crippen molar-refractivity contribution in [2.24, 2.45) is 14.1 Å². The van der Waals surface area contributed by atoms with Crippen molar-refractivity contribution < 1.29 is 4.74 Å². The number of nitrogens with zero attached hydrogens (tertiary/aromatic N) is 6. The van der Waals surface area contributed by atoms with E-state index in [0.717, 1.165) is 42.1 Å². The summed E-state index contributed by atoms with van der Waals surface area (Å²) < 4.78 is 12.4. The highest BCUT2D eigenvalue weighted by Gasteiger charge is 2.24. The molecule has 1 saturated heterocycles. The first kappa shape index (κ1) is 18.9. The van der Waals surface area contributed by atoms with Gasteiger partial charge in [0.05, 0.1) is 12.2 Å². The molecule has 1 aliphatic rings. The first-order valence-electron chi connectivity index (χ1n) is 9.72. The smallest absolute Gasteiger partial charge is 0.332 e. The number of morpholine rings is 1. The fraction of sp³-hybridized carbons (Fsp3) is 0.632. The molecule has 0 radical (unpaired) electrons. The summed E-state index contributed by atoms with van der Waals surface area (Å²) in [5.41, 5.74) is 2.24. The van der Waals surface area contributed by atoms with Crippen molar-refractivity contribution in [3.05, 3.63) is 32.2 Å². The summed E-state index contributed by atoms with van der Waals surface area (Å²) in [5.74, 6) is 0.706. The second-order valence-corrected chi connectivity index (χ2v) is 7.96. The van der Waals surface area contributed by atoms with Crippen LogP contribution in [-0.4, -0.2) is 59.8 Å². The lowest BCUT2D eigenvalue weighted by Gasteiger charge is -2.35. The molecule has 0 bridgehead atoms. The average Bonchev–Trinajstić information content (AvgIpc) is 3.13. The van der Waals surface area contributed by atoms with Crippen molar-refractivity contribution in [1.29, 1.82) is 0 Å². The number of aromatic nitrogens is 5. The van der Waals surface area contributed by atoms with Crippen LogP contribution in [0.15, 0.2) is 9.59 Å². The molecular weight excluding hydrogens is 360 g/mol. The molecule has 3 aromatic heterocycles. The first-order chi connectivity index (χ1) is 13.2. The van der Waals surface area contributed by atoms with Gasteiger partial charge < -0.3 is 9.30 Å². The Balaban J connectivity index is 1.81. The van der Waals surface area contributed by atoms with E-state index in [2.05, 4.69) is 28.3 Å². The number of imidazole rings is 2. The molecule has 0 aromatic carbocycles. The molecular formula is C19H28N6O3. The van der Waals surface area contributed by atoms with E-state index >= 15 is 0 Å². The summed E-state index contributed by atoms with van der Waals surface area (Å²) in [6, 6.07) is 0. The van der Waals surface area contributed by atoms with E-state index in [1.807, 2.05) is 18.2 Å². The summed E-state index contributed by atoms with van der Waals surface area (Å²) in [6.45, 7) is 11.7. The summed E-state index contributed by atoms with van der Waals surface area (Å²) in [7, 11) is 3.16. The molecule has 4 rings (SSSR count). The van der Waals surface area contributed by atoms with Crippen molar-refractivity contribution in [2.75, 3.05) is 19.6 Å². The van der Waals surface area contributed by atoms with Gasteiger partial charge in [0.2, 0.25) is 5.78 Å². The van der Waals surface area contributed by atoms with Crippen molar-refractivity contribution >= 4 is 16.9 Å². The largest absolute Gasteiger partial charge is 0.373 e. The molecule has 4 heterocycles. The number of rotatable bonds is 3. The second-order valence-electron chi connectivity index (χ2n) is 7.96. The lowest BCUT2D eigenvalue weighted by atomic mass is 10.2. The number of ether oxygens (including phenoxy) is 1. The van der Waals surface area contributed by atoms with Gasteiger partial charge >= 0.3 is 5.69 Å². The third-order valence-electron chi connectivity index (χ3n) is 5.88. The quantitative estimate of drug-likeness (QED) is 0.650. The molecule has 1 aliphatic heterocycles. The Kier molecular flexibility index (Phi) is 4.46. The number of hydrogen-bond acceptors (Lipinski definition) is 5. The van der Waals surface area contributed by atoms with E-state index in [4.69, 9.17) is 4.74 Å². The summed E-state index contributed by atoms with van der Waals surface area (Å²) in [5, 5.41) is 0. The van der Waals surface area contributed by atoms with Crippen LogP contribution in [0.25, 0.3) is 16.9 Å². The highest BCUT2D eigenvalue weighted by Crippen LogP contribution is 2.21. The molecule has 0 N–H and O–H groups in total. The van der Waals surface area contributed by atoms with Crippen LogP contribution in [0.1, 0.15) is 25.2 Å². The zero-order chi connectivity index (χ0) is 20.3. The van der Waals surface area contributed by atoms with Gasteiger partial charge in [0, 0.05) is 51.7 Å². The Labute approximate surface area is 162 Å². The van der Waals surface area contributed by atoms with Gasteiger partial charge in [-0.25, -0.2) is 4.79 Å². The van der Waals surface area contributed by atoms with Gasteiger partial charge in [-0.2, -0.15) is 4.98 Å². The maximum absolute atomic E-state index is 12.8. The van der Waals surface area contributed by atoms with Gasteiger partial charge in [0.25, 0.3) is 5.56 Å². The minimum Gasteiger partial charge on any atom is -0.373 e. The monoisotopic (exact) mass is 388 g/mol. The molecule has 28 heavy (non-hydrogen) atoms. The van der Waals surface area contributed by atoms with Crippen LogP contribution in [0.2, 0.25) is 0 Å². The lowest BCUT2D eigenvalue weighted by Crippen LogP contribution is -2.46. The van der Waals surface area contributed by atoms with E-state index in [1.165, 1.54) is 11.6 Å². The fourth-order valence-electron chi connectivity index (χ4n) is 4.37. The summed E-state index contributed by atoms with van der Waals surface area (Å²) >= 11 is 0. The first-order valence-corrected chi connectivity index (χ1v) is 9.72. The van der Waals surface area contributed by atoms with E-state index in [1.54, 1.807) is 7.05 Å². The lowest BCUT2D eigenvalue weighted by molar-refractivity contribution is -0.0685. The SMILES string of the molecule is Cc1c(C)n2c3c(=O)n(C)c(=O)n(C)c3nc2n1CCN1C[C@@H](C)O[C@@H](C)C1. The Hall–Kier alpha value is -2.39. The molecule has 152 valence electrons. The molecule has 0 aliphatic carbocycles. The molecule has 0 spiro atoms.